The van der Waals surface area contributed by atoms with Gasteiger partial charge in [0.25, 0.3) is 11.5 Å². The summed E-state index contributed by atoms with van der Waals surface area (Å²) in [5.41, 5.74) is 0.421. The third kappa shape index (κ3) is 3.70. The summed E-state index contributed by atoms with van der Waals surface area (Å²) in [7, 11) is 0. The molecule has 26 heavy (non-hydrogen) atoms. The maximum atomic E-state index is 12.7. The van der Waals surface area contributed by atoms with E-state index < -0.39 is 11.8 Å². The van der Waals surface area contributed by atoms with Crippen LogP contribution in [0.1, 0.15) is 30.4 Å². The molecule has 2 heterocycles. The van der Waals surface area contributed by atoms with Gasteiger partial charge in [-0.1, -0.05) is 23.9 Å². The average molecular weight is 371 g/mol. The lowest BCUT2D eigenvalue weighted by atomic mass is 10.2. The van der Waals surface area contributed by atoms with Gasteiger partial charge in [-0.15, -0.1) is 0 Å². The Balaban J connectivity index is 1.80. The predicted molar refractivity (Wildman–Crippen MR) is 98.3 cm³/mol. The van der Waals surface area contributed by atoms with Crippen LogP contribution in [0.2, 0.25) is 0 Å². The minimum Gasteiger partial charge on any atom is -0.459 e. The molecule has 0 atom stereocenters. The summed E-state index contributed by atoms with van der Waals surface area (Å²) in [6.45, 7) is 3.75. The van der Waals surface area contributed by atoms with Crippen LogP contribution >= 0.6 is 11.8 Å². The Morgan fingerprint density at radius 3 is 2.69 bits per heavy atom. The van der Waals surface area contributed by atoms with Crippen LogP contribution in [0.15, 0.2) is 57.0 Å². The fourth-order valence-electron chi connectivity index (χ4n) is 2.44. The third-order valence-electron chi connectivity index (χ3n) is 3.62. The summed E-state index contributed by atoms with van der Waals surface area (Å²) in [6.07, 6.45) is 1.36. The van der Waals surface area contributed by atoms with Crippen molar-refractivity contribution in [3.8, 4) is 0 Å². The highest BCUT2D eigenvalue weighted by Gasteiger charge is 2.17. The van der Waals surface area contributed by atoms with Gasteiger partial charge >= 0.3 is 0 Å². The molecule has 0 fully saturated rings. The number of amides is 2. The minimum atomic E-state index is -0.603. The first-order valence-corrected chi connectivity index (χ1v) is 8.97. The molecule has 1 N–H and O–H groups in total. The molecule has 0 spiro atoms. The van der Waals surface area contributed by atoms with Gasteiger partial charge in [-0.2, -0.15) is 0 Å². The number of hydrogen-bond acceptors (Lipinski definition) is 6. The zero-order chi connectivity index (χ0) is 18.7. The first-order chi connectivity index (χ1) is 12.5. The van der Waals surface area contributed by atoms with E-state index in [1.807, 2.05) is 13.8 Å². The topological polar surface area (TPSA) is 94.2 Å². The second-order valence-corrected chi connectivity index (χ2v) is 6.77. The van der Waals surface area contributed by atoms with E-state index in [1.54, 1.807) is 34.9 Å². The molecule has 0 unspecified atom stereocenters. The number of imide groups is 1. The molecule has 0 aliphatic rings. The number of benzene rings is 1. The zero-order valence-electron chi connectivity index (χ0n) is 14.3. The van der Waals surface area contributed by atoms with Crippen LogP contribution in [0.3, 0.4) is 0 Å². The summed E-state index contributed by atoms with van der Waals surface area (Å²) < 4.78 is 6.49. The summed E-state index contributed by atoms with van der Waals surface area (Å²) in [4.78, 5) is 41.1. The number of rotatable bonds is 5. The normalized spacial score (nSPS) is 11.0. The third-order valence-corrected chi connectivity index (χ3v) is 4.57. The van der Waals surface area contributed by atoms with Gasteiger partial charge in [-0.05, 0) is 38.1 Å². The van der Waals surface area contributed by atoms with E-state index >= 15 is 0 Å². The second-order valence-electron chi connectivity index (χ2n) is 5.82. The lowest BCUT2D eigenvalue weighted by molar-refractivity contribution is -0.117. The molecule has 2 aromatic heterocycles. The van der Waals surface area contributed by atoms with E-state index in [0.717, 1.165) is 11.8 Å². The van der Waals surface area contributed by atoms with Crippen molar-refractivity contribution >= 4 is 34.5 Å². The van der Waals surface area contributed by atoms with Crippen molar-refractivity contribution in [2.45, 2.75) is 25.0 Å². The SMILES string of the molecule is CC(C)n1c(SCC(=O)NC(=O)c2ccco2)nc2ccccc2c1=O. The number of hydrogen-bond donors (Lipinski definition) is 1. The van der Waals surface area contributed by atoms with E-state index in [1.165, 1.54) is 12.3 Å². The zero-order valence-corrected chi connectivity index (χ0v) is 15.1. The summed E-state index contributed by atoms with van der Waals surface area (Å²) in [6, 6.07) is 9.99. The Morgan fingerprint density at radius 2 is 2.00 bits per heavy atom. The highest BCUT2D eigenvalue weighted by molar-refractivity contribution is 7.99. The fourth-order valence-corrected chi connectivity index (χ4v) is 3.37. The number of thioether (sulfide) groups is 1. The number of carbonyl (C=O) groups excluding carboxylic acids is 2. The number of nitrogens with zero attached hydrogens (tertiary/aromatic N) is 2. The van der Waals surface area contributed by atoms with E-state index in [2.05, 4.69) is 10.3 Å². The van der Waals surface area contributed by atoms with Crippen molar-refractivity contribution in [3.05, 3.63) is 58.8 Å². The Kier molecular flexibility index (Phi) is 5.22. The summed E-state index contributed by atoms with van der Waals surface area (Å²) in [5.74, 6) is -1.09. The number of fused-ring (bicyclic) bond motifs is 1. The molecule has 0 bridgehead atoms. The molecule has 0 saturated carbocycles. The van der Waals surface area contributed by atoms with Crippen LogP contribution in [0.25, 0.3) is 10.9 Å². The molecular formula is C18H17N3O4S. The molecular weight excluding hydrogens is 354 g/mol. The predicted octanol–water partition coefficient (Wildman–Crippen LogP) is 2.62. The first-order valence-electron chi connectivity index (χ1n) is 7.99. The Hall–Kier alpha value is -2.87. The second kappa shape index (κ2) is 7.57. The van der Waals surface area contributed by atoms with Gasteiger partial charge in [0, 0.05) is 6.04 Å². The van der Waals surface area contributed by atoms with Crippen LogP contribution in [0.4, 0.5) is 0 Å². The molecule has 0 radical (unpaired) electrons. The van der Waals surface area contributed by atoms with Gasteiger partial charge in [0.15, 0.2) is 10.9 Å². The van der Waals surface area contributed by atoms with Crippen LogP contribution in [-0.4, -0.2) is 27.1 Å². The number of para-hydroxylation sites is 1. The molecule has 0 aliphatic carbocycles. The van der Waals surface area contributed by atoms with Gasteiger partial charge in [0.2, 0.25) is 5.91 Å². The molecule has 2 amide bonds. The number of aromatic nitrogens is 2. The summed E-state index contributed by atoms with van der Waals surface area (Å²) >= 11 is 1.11. The highest BCUT2D eigenvalue weighted by atomic mass is 32.2. The monoisotopic (exact) mass is 371 g/mol. The Morgan fingerprint density at radius 1 is 1.23 bits per heavy atom. The van der Waals surface area contributed by atoms with Crippen molar-refractivity contribution in [2.75, 3.05) is 5.75 Å². The van der Waals surface area contributed by atoms with E-state index in [4.69, 9.17) is 4.42 Å². The van der Waals surface area contributed by atoms with Crippen molar-refractivity contribution in [3.63, 3.8) is 0 Å². The maximum absolute atomic E-state index is 12.7. The minimum absolute atomic E-state index is 0.0516. The Bertz CT molecular complexity index is 1010. The van der Waals surface area contributed by atoms with E-state index in [0.29, 0.717) is 16.1 Å². The van der Waals surface area contributed by atoms with Crippen molar-refractivity contribution in [1.29, 1.82) is 0 Å². The quantitative estimate of drug-likeness (QED) is 0.547. The van der Waals surface area contributed by atoms with Crippen molar-refractivity contribution in [2.24, 2.45) is 0 Å². The summed E-state index contributed by atoms with van der Waals surface area (Å²) in [5, 5.41) is 3.21. The number of furan rings is 1. The van der Waals surface area contributed by atoms with Crippen LogP contribution in [0.5, 0.6) is 0 Å². The lowest BCUT2D eigenvalue weighted by Gasteiger charge is -2.15. The van der Waals surface area contributed by atoms with Gasteiger partial charge in [0.05, 0.1) is 22.9 Å². The largest absolute Gasteiger partial charge is 0.459 e. The number of carbonyl (C=O) groups is 2. The maximum Gasteiger partial charge on any atom is 0.293 e. The van der Waals surface area contributed by atoms with Crippen LogP contribution in [0, 0.1) is 0 Å². The molecule has 3 aromatic rings. The Labute approximate surface area is 153 Å². The van der Waals surface area contributed by atoms with Crippen molar-refractivity contribution in [1.82, 2.24) is 14.9 Å². The number of nitrogens with one attached hydrogen (secondary N) is 1. The average Bonchev–Trinajstić information content (AvgIpc) is 3.14. The molecule has 8 heteroatoms. The van der Waals surface area contributed by atoms with Crippen molar-refractivity contribution < 1.29 is 14.0 Å². The van der Waals surface area contributed by atoms with Gasteiger partial charge in [-0.3, -0.25) is 24.3 Å². The molecule has 134 valence electrons. The molecule has 7 nitrogen and oxygen atoms in total. The standard InChI is InChI=1S/C18H17N3O4S/c1-11(2)21-17(24)12-6-3-4-7-13(12)19-18(21)26-10-15(22)20-16(23)14-8-5-9-25-14/h3-9,11H,10H2,1-2H3,(H,20,22,23). The molecule has 3 rings (SSSR count). The molecule has 0 aliphatic heterocycles. The van der Waals surface area contributed by atoms with E-state index in [9.17, 15) is 14.4 Å². The molecule has 0 saturated heterocycles. The fraction of sp³-hybridized carbons (Fsp3) is 0.222. The lowest BCUT2D eigenvalue weighted by Crippen LogP contribution is -2.32. The van der Waals surface area contributed by atoms with Gasteiger partial charge in [-0.25, -0.2) is 4.98 Å². The van der Waals surface area contributed by atoms with Gasteiger partial charge in [0.1, 0.15) is 0 Å². The smallest absolute Gasteiger partial charge is 0.293 e. The van der Waals surface area contributed by atoms with Crippen LogP contribution in [-0.2, 0) is 4.79 Å². The van der Waals surface area contributed by atoms with Crippen LogP contribution < -0.4 is 10.9 Å². The molecule has 1 aromatic carbocycles. The highest BCUT2D eigenvalue weighted by Crippen LogP contribution is 2.20. The van der Waals surface area contributed by atoms with Gasteiger partial charge < -0.3 is 4.42 Å². The first kappa shape index (κ1) is 17.9. The van der Waals surface area contributed by atoms with E-state index in [-0.39, 0.29) is 23.1 Å².